The molecule has 0 amide bonds. The minimum Gasteiger partial charge on any atom is -0.362 e. The monoisotopic (exact) mass is 162 g/mol. The Bertz CT molecular complexity index is 149. The van der Waals surface area contributed by atoms with E-state index in [-0.39, 0.29) is 6.29 Å². The van der Waals surface area contributed by atoms with Crippen LogP contribution in [-0.2, 0) is 14.4 Å². The highest BCUT2D eigenvalue weighted by atomic mass is 16.5. The van der Waals surface area contributed by atoms with Crippen LogP contribution in [0.25, 0.3) is 0 Å². The second-order valence-electron chi connectivity index (χ2n) is 1.71. The van der Waals surface area contributed by atoms with Gasteiger partial charge in [-0.2, -0.15) is 0 Å². The van der Waals surface area contributed by atoms with Crippen LogP contribution in [-0.4, -0.2) is 34.4 Å². The third-order valence-electron chi connectivity index (χ3n) is 0.530. The van der Waals surface area contributed by atoms with Gasteiger partial charge in [-0.15, -0.1) is 0 Å². The van der Waals surface area contributed by atoms with Crippen molar-refractivity contribution >= 4 is 17.9 Å². The van der Waals surface area contributed by atoms with Crippen molar-refractivity contribution in [2.24, 2.45) is 0 Å². The highest BCUT2D eigenvalue weighted by Gasteiger charge is 1.99. The smallest absolute Gasteiger partial charge is 0.212 e. The predicted molar refractivity (Wildman–Crippen MR) is 35.7 cm³/mol. The Morgan fingerprint density at radius 2 is 1.45 bits per heavy atom. The molecule has 0 rings (SSSR count). The molecular weight excluding hydrogens is 152 g/mol. The minimum absolute atomic E-state index is 0.278. The van der Waals surface area contributed by atoms with Crippen molar-refractivity contribution in [1.29, 1.82) is 0 Å². The molecule has 0 spiro atoms. The fourth-order valence-corrected chi connectivity index (χ4v) is 0. The Labute approximate surface area is 63.6 Å². The Kier molecular flexibility index (Phi) is 8.06. The lowest BCUT2D eigenvalue weighted by molar-refractivity contribution is -0.142. The summed E-state index contributed by atoms with van der Waals surface area (Å²) >= 11 is 0. The van der Waals surface area contributed by atoms with Gasteiger partial charge in [-0.05, 0) is 6.92 Å². The second kappa shape index (κ2) is 7.04. The lowest BCUT2D eigenvalue weighted by atomic mass is 10.4. The molecule has 0 saturated heterocycles. The molecule has 5 nitrogen and oxygen atoms in total. The zero-order valence-corrected chi connectivity index (χ0v) is 6.27. The highest BCUT2D eigenvalue weighted by molar-refractivity contribution is 6.23. The van der Waals surface area contributed by atoms with Gasteiger partial charge in [-0.1, -0.05) is 0 Å². The quantitative estimate of drug-likeness (QED) is 0.298. The lowest BCUT2D eigenvalue weighted by Crippen LogP contribution is -2.14. The van der Waals surface area contributed by atoms with Gasteiger partial charge in [0.2, 0.25) is 6.29 Å². The van der Waals surface area contributed by atoms with Crippen LogP contribution >= 0.6 is 0 Å². The van der Waals surface area contributed by atoms with Gasteiger partial charge >= 0.3 is 0 Å². The standard InChI is InChI=1S/C3H6O3.C3H4O2/c1-2(4)3(5)6;1-3(5)2-4/h3,5-6H,1H3;2H,1H3. The van der Waals surface area contributed by atoms with Crippen LogP contribution in [0.4, 0.5) is 0 Å². The van der Waals surface area contributed by atoms with Gasteiger partial charge in [-0.3, -0.25) is 14.4 Å². The lowest BCUT2D eigenvalue weighted by Gasteiger charge is -1.90. The average molecular weight is 162 g/mol. The van der Waals surface area contributed by atoms with Crippen LogP contribution in [0.1, 0.15) is 13.8 Å². The summed E-state index contributed by atoms with van der Waals surface area (Å²) in [6, 6.07) is 0. The molecule has 0 aliphatic carbocycles. The second-order valence-corrected chi connectivity index (χ2v) is 1.71. The number of aliphatic hydroxyl groups excluding tert-OH is 1. The summed E-state index contributed by atoms with van der Waals surface area (Å²) in [6.45, 7) is 2.32. The molecule has 0 aromatic rings. The maximum atomic E-state index is 9.64. The summed E-state index contributed by atoms with van der Waals surface area (Å²) in [7, 11) is 0. The van der Waals surface area contributed by atoms with Crippen LogP contribution < -0.4 is 0 Å². The first-order valence-corrected chi connectivity index (χ1v) is 2.74. The molecule has 11 heavy (non-hydrogen) atoms. The van der Waals surface area contributed by atoms with Gasteiger partial charge in [0.1, 0.15) is 0 Å². The molecule has 0 fully saturated rings. The van der Waals surface area contributed by atoms with Gasteiger partial charge < -0.3 is 10.2 Å². The van der Waals surface area contributed by atoms with E-state index in [0.29, 0.717) is 0 Å². The van der Waals surface area contributed by atoms with Gasteiger partial charge in [0.05, 0.1) is 0 Å². The zero-order chi connectivity index (χ0) is 9.44. The normalized spacial score (nSPS) is 8.09. The SMILES string of the molecule is CC(=O)C(O)O.CC(=O)C=O. The number of hydrogen-bond acceptors (Lipinski definition) is 5. The fourth-order valence-electron chi connectivity index (χ4n) is 0. The van der Waals surface area contributed by atoms with Crippen LogP contribution in [0, 0.1) is 0 Å². The van der Waals surface area contributed by atoms with E-state index in [1.54, 1.807) is 0 Å². The van der Waals surface area contributed by atoms with Gasteiger partial charge in [0.25, 0.3) is 0 Å². The van der Waals surface area contributed by atoms with Crippen LogP contribution in [0.15, 0.2) is 0 Å². The number of aldehydes is 1. The Morgan fingerprint density at radius 1 is 1.27 bits per heavy atom. The van der Waals surface area contributed by atoms with E-state index in [1.165, 1.54) is 6.92 Å². The molecule has 0 aromatic carbocycles. The number of carbonyl (C=O) groups excluding carboxylic acids is 3. The first-order chi connectivity index (χ1) is 4.91. The van der Waals surface area contributed by atoms with Gasteiger partial charge in [-0.25, -0.2) is 0 Å². The first kappa shape index (κ1) is 12.6. The maximum Gasteiger partial charge on any atom is 0.212 e. The fraction of sp³-hybridized carbons (Fsp3) is 0.500. The molecule has 0 bridgehead atoms. The van der Waals surface area contributed by atoms with E-state index in [4.69, 9.17) is 15.0 Å². The third kappa shape index (κ3) is 17.6. The van der Waals surface area contributed by atoms with E-state index >= 15 is 0 Å². The predicted octanol–water partition coefficient (Wildman–Crippen LogP) is -1.34. The average Bonchev–Trinajstić information content (AvgIpc) is 1.89. The zero-order valence-electron chi connectivity index (χ0n) is 6.27. The minimum atomic E-state index is -1.79. The molecule has 0 aromatic heterocycles. The molecule has 0 heterocycles. The Balaban J connectivity index is 0. The molecule has 5 heteroatoms. The topological polar surface area (TPSA) is 91.7 Å². The molecule has 2 N–H and O–H groups in total. The molecule has 0 aliphatic heterocycles. The summed E-state index contributed by atoms with van der Waals surface area (Å²) in [6.07, 6.45) is -1.51. The molecule has 0 saturated carbocycles. The molecule has 64 valence electrons. The summed E-state index contributed by atoms with van der Waals surface area (Å²) < 4.78 is 0. The van der Waals surface area contributed by atoms with Crippen molar-refractivity contribution in [3.8, 4) is 0 Å². The van der Waals surface area contributed by atoms with Crippen molar-refractivity contribution in [3.05, 3.63) is 0 Å². The number of ketones is 2. The Hall–Kier alpha value is -1.07. The van der Waals surface area contributed by atoms with Crippen LogP contribution in [0.3, 0.4) is 0 Å². The van der Waals surface area contributed by atoms with Crippen LogP contribution in [0.5, 0.6) is 0 Å². The van der Waals surface area contributed by atoms with Crippen molar-refractivity contribution < 1.29 is 24.6 Å². The van der Waals surface area contributed by atoms with Crippen molar-refractivity contribution in [3.63, 3.8) is 0 Å². The Morgan fingerprint density at radius 3 is 1.45 bits per heavy atom. The number of carbonyl (C=O) groups is 3. The van der Waals surface area contributed by atoms with Crippen LogP contribution in [0.2, 0.25) is 0 Å². The largest absolute Gasteiger partial charge is 0.362 e. The maximum absolute atomic E-state index is 9.64. The van der Waals surface area contributed by atoms with E-state index in [1.807, 2.05) is 0 Å². The third-order valence-corrected chi connectivity index (χ3v) is 0.530. The van der Waals surface area contributed by atoms with Gasteiger partial charge in [0, 0.05) is 6.92 Å². The number of Topliss-reactive ketones (excluding diaryl/α,β-unsaturated/α-hetero) is 2. The summed E-state index contributed by atoms with van der Waals surface area (Å²) in [5.41, 5.74) is 0. The highest BCUT2D eigenvalue weighted by Crippen LogP contribution is 1.72. The molecule has 0 aliphatic rings. The summed E-state index contributed by atoms with van der Waals surface area (Å²) in [5, 5.41) is 15.7. The van der Waals surface area contributed by atoms with E-state index < -0.39 is 17.9 Å². The van der Waals surface area contributed by atoms with Crippen molar-refractivity contribution in [1.82, 2.24) is 0 Å². The number of hydrogen-bond donors (Lipinski definition) is 2. The first-order valence-electron chi connectivity index (χ1n) is 2.74. The van der Waals surface area contributed by atoms with E-state index in [9.17, 15) is 9.59 Å². The van der Waals surface area contributed by atoms with E-state index in [2.05, 4.69) is 0 Å². The molecular formula is C6H10O5. The summed E-state index contributed by atoms with van der Waals surface area (Å²) in [5.74, 6) is -1.06. The number of aliphatic hydroxyl groups is 2. The number of rotatable bonds is 2. The van der Waals surface area contributed by atoms with Crippen molar-refractivity contribution in [2.75, 3.05) is 0 Å². The molecule has 0 atom stereocenters. The summed E-state index contributed by atoms with van der Waals surface area (Å²) in [4.78, 5) is 28.2. The van der Waals surface area contributed by atoms with Crippen molar-refractivity contribution in [2.45, 2.75) is 20.1 Å². The molecule has 0 unspecified atom stereocenters. The van der Waals surface area contributed by atoms with E-state index in [0.717, 1.165) is 6.92 Å². The van der Waals surface area contributed by atoms with Gasteiger partial charge in [0.15, 0.2) is 17.9 Å². The molecule has 0 radical (unpaired) electrons.